The standard InChI is InChI=1S/C32H22ClN5O6/c1-19-10-12-22(13-11-19)35-29(39)18-43-30-24(33)14-20(15-26(30)38(41)42)17-34-37-31(28-16-21-6-2-5-9-27(21)44-28)36-25-8-4-3-7-23(25)32(37)40/h2-17H,18H2,1H3,(H,35,39). The summed E-state index contributed by atoms with van der Waals surface area (Å²) in [6.45, 7) is 1.40. The summed E-state index contributed by atoms with van der Waals surface area (Å²) in [5.41, 5.74) is 1.88. The number of aromatic nitrogens is 2. The van der Waals surface area contributed by atoms with E-state index in [4.69, 9.17) is 20.8 Å². The molecule has 0 aliphatic rings. The predicted molar refractivity (Wildman–Crippen MR) is 168 cm³/mol. The van der Waals surface area contributed by atoms with Crippen LogP contribution in [-0.4, -0.2) is 33.3 Å². The third-order valence-electron chi connectivity index (χ3n) is 6.65. The maximum absolute atomic E-state index is 13.5. The van der Waals surface area contributed by atoms with Crippen molar-refractivity contribution in [2.24, 2.45) is 5.10 Å². The Kier molecular flexibility index (Phi) is 7.61. The maximum Gasteiger partial charge on any atom is 0.313 e. The van der Waals surface area contributed by atoms with Crippen molar-refractivity contribution in [3.8, 4) is 17.3 Å². The lowest BCUT2D eigenvalue weighted by atomic mass is 10.2. The van der Waals surface area contributed by atoms with Crippen LogP contribution in [0.15, 0.2) is 105 Å². The average Bonchev–Trinajstić information content (AvgIpc) is 3.45. The summed E-state index contributed by atoms with van der Waals surface area (Å²) in [6.07, 6.45) is 1.25. The van der Waals surface area contributed by atoms with Gasteiger partial charge in [-0.05, 0) is 49.4 Å². The van der Waals surface area contributed by atoms with Crippen molar-refractivity contribution in [2.75, 3.05) is 11.9 Å². The van der Waals surface area contributed by atoms with Crippen molar-refractivity contribution < 1.29 is 18.9 Å². The summed E-state index contributed by atoms with van der Waals surface area (Å²) in [4.78, 5) is 41.8. The zero-order valence-corrected chi connectivity index (χ0v) is 23.8. The maximum atomic E-state index is 13.5. The summed E-state index contributed by atoms with van der Waals surface area (Å²) >= 11 is 6.38. The molecular weight excluding hydrogens is 586 g/mol. The lowest BCUT2D eigenvalue weighted by Gasteiger charge is -2.10. The zero-order chi connectivity index (χ0) is 30.8. The van der Waals surface area contributed by atoms with Gasteiger partial charge in [-0.3, -0.25) is 19.7 Å². The van der Waals surface area contributed by atoms with Crippen molar-refractivity contribution in [3.05, 3.63) is 128 Å². The van der Waals surface area contributed by atoms with Gasteiger partial charge in [0.2, 0.25) is 11.6 Å². The van der Waals surface area contributed by atoms with E-state index in [0.29, 0.717) is 27.9 Å². The van der Waals surface area contributed by atoms with E-state index >= 15 is 0 Å². The number of aryl methyl sites for hydroxylation is 1. The minimum absolute atomic E-state index is 0.120. The van der Waals surface area contributed by atoms with Gasteiger partial charge in [-0.25, -0.2) is 4.98 Å². The summed E-state index contributed by atoms with van der Waals surface area (Å²) in [7, 11) is 0. The largest absolute Gasteiger partial charge is 0.476 e. The Morgan fingerprint density at radius 2 is 1.84 bits per heavy atom. The number of hydrogen-bond donors (Lipinski definition) is 1. The molecule has 1 amide bonds. The number of nitrogens with one attached hydrogen (secondary N) is 1. The number of furan rings is 1. The van der Waals surface area contributed by atoms with Crippen molar-refractivity contribution in [1.82, 2.24) is 9.66 Å². The number of nitro benzene ring substituents is 1. The number of benzene rings is 4. The highest BCUT2D eigenvalue weighted by Gasteiger charge is 2.22. The van der Waals surface area contributed by atoms with Gasteiger partial charge in [0, 0.05) is 22.7 Å². The predicted octanol–water partition coefficient (Wildman–Crippen LogP) is 6.58. The van der Waals surface area contributed by atoms with Crippen LogP contribution in [0.4, 0.5) is 11.4 Å². The van der Waals surface area contributed by atoms with E-state index in [2.05, 4.69) is 15.4 Å². The molecule has 12 heteroatoms. The van der Waals surface area contributed by atoms with Crippen LogP contribution in [0.3, 0.4) is 0 Å². The molecule has 11 nitrogen and oxygen atoms in total. The first-order valence-corrected chi connectivity index (χ1v) is 13.7. The second-order valence-electron chi connectivity index (χ2n) is 9.77. The molecule has 44 heavy (non-hydrogen) atoms. The molecule has 0 unspecified atom stereocenters. The first-order valence-electron chi connectivity index (χ1n) is 13.3. The summed E-state index contributed by atoms with van der Waals surface area (Å²) in [5.74, 6) is -0.351. The minimum Gasteiger partial charge on any atom is -0.476 e. The van der Waals surface area contributed by atoms with Crippen molar-refractivity contribution in [3.63, 3.8) is 0 Å². The number of amides is 1. The molecule has 0 aliphatic heterocycles. The molecule has 1 N–H and O–H groups in total. The number of nitrogens with zero attached hydrogens (tertiary/aromatic N) is 4. The fourth-order valence-electron chi connectivity index (χ4n) is 4.53. The SMILES string of the molecule is Cc1ccc(NC(=O)COc2c(Cl)cc(C=Nn3c(-c4cc5ccccc5o4)nc4ccccc4c3=O)cc2[N+](=O)[O-])cc1. The van der Waals surface area contributed by atoms with E-state index in [9.17, 15) is 19.7 Å². The Balaban J connectivity index is 1.33. The topological polar surface area (TPSA) is 142 Å². The molecule has 6 aromatic rings. The van der Waals surface area contributed by atoms with Crippen LogP contribution in [0.25, 0.3) is 33.5 Å². The minimum atomic E-state index is -0.681. The number of para-hydroxylation sites is 2. The summed E-state index contributed by atoms with van der Waals surface area (Å²) in [6, 6.07) is 25.6. The number of carbonyl (C=O) groups is 1. The third-order valence-corrected chi connectivity index (χ3v) is 6.93. The van der Waals surface area contributed by atoms with E-state index in [1.165, 1.54) is 18.3 Å². The normalized spacial score (nSPS) is 11.3. The summed E-state index contributed by atoms with van der Waals surface area (Å²) < 4.78 is 12.5. The number of rotatable bonds is 8. The molecule has 0 radical (unpaired) electrons. The van der Waals surface area contributed by atoms with Crippen molar-refractivity contribution in [1.29, 1.82) is 0 Å². The van der Waals surface area contributed by atoms with Gasteiger partial charge in [-0.2, -0.15) is 9.78 Å². The van der Waals surface area contributed by atoms with Gasteiger partial charge in [-0.1, -0.05) is 59.6 Å². The number of nitro groups is 1. The van der Waals surface area contributed by atoms with Gasteiger partial charge >= 0.3 is 5.69 Å². The highest BCUT2D eigenvalue weighted by Crippen LogP contribution is 2.36. The van der Waals surface area contributed by atoms with E-state index in [1.807, 2.05) is 37.3 Å². The molecular formula is C32H22ClN5O6. The van der Waals surface area contributed by atoms with Gasteiger partial charge in [0.15, 0.2) is 12.4 Å². The average molecular weight is 608 g/mol. The molecule has 2 heterocycles. The highest BCUT2D eigenvalue weighted by atomic mass is 35.5. The zero-order valence-electron chi connectivity index (χ0n) is 23.1. The van der Waals surface area contributed by atoms with Crippen LogP contribution in [0.2, 0.25) is 5.02 Å². The lowest BCUT2D eigenvalue weighted by Crippen LogP contribution is -2.20. The van der Waals surface area contributed by atoms with Crippen LogP contribution >= 0.6 is 11.6 Å². The highest BCUT2D eigenvalue weighted by molar-refractivity contribution is 6.32. The number of carbonyl (C=O) groups excluding carboxylic acids is 1. The number of anilines is 1. The van der Waals surface area contributed by atoms with Crippen LogP contribution in [0, 0.1) is 17.0 Å². The van der Waals surface area contributed by atoms with E-state index in [1.54, 1.807) is 48.5 Å². The second kappa shape index (κ2) is 11.8. The molecule has 0 saturated carbocycles. The van der Waals surface area contributed by atoms with Gasteiger partial charge in [0.1, 0.15) is 5.58 Å². The molecule has 6 rings (SSSR count). The van der Waals surface area contributed by atoms with Gasteiger partial charge in [-0.15, -0.1) is 0 Å². The molecule has 0 aliphatic carbocycles. The molecule has 4 aromatic carbocycles. The van der Waals surface area contributed by atoms with Crippen LogP contribution < -0.4 is 15.6 Å². The van der Waals surface area contributed by atoms with E-state index < -0.39 is 28.7 Å². The molecule has 218 valence electrons. The molecule has 0 saturated heterocycles. The number of halogens is 1. The van der Waals surface area contributed by atoms with Gasteiger partial charge in [0.05, 0.1) is 27.1 Å². The van der Waals surface area contributed by atoms with E-state index in [0.717, 1.165) is 15.6 Å². The summed E-state index contributed by atoms with van der Waals surface area (Å²) in [5, 5.41) is 19.9. The molecule has 0 spiro atoms. The third kappa shape index (κ3) is 5.76. The first kappa shape index (κ1) is 28.3. The molecule has 0 bridgehead atoms. The lowest BCUT2D eigenvalue weighted by molar-refractivity contribution is -0.385. The van der Waals surface area contributed by atoms with Gasteiger partial charge < -0.3 is 14.5 Å². The molecule has 2 aromatic heterocycles. The Morgan fingerprint density at radius 3 is 2.61 bits per heavy atom. The Labute approximate surface area is 254 Å². The van der Waals surface area contributed by atoms with Gasteiger partial charge in [0.25, 0.3) is 11.5 Å². The Morgan fingerprint density at radius 1 is 1.09 bits per heavy atom. The van der Waals surface area contributed by atoms with Crippen LogP contribution in [-0.2, 0) is 4.79 Å². The quantitative estimate of drug-likeness (QED) is 0.117. The fourth-order valence-corrected chi connectivity index (χ4v) is 4.81. The Hall–Kier alpha value is -5.81. The molecule has 0 atom stereocenters. The monoisotopic (exact) mass is 607 g/mol. The Bertz CT molecular complexity index is 2120. The van der Waals surface area contributed by atoms with Crippen LogP contribution in [0.5, 0.6) is 5.75 Å². The van der Waals surface area contributed by atoms with E-state index in [-0.39, 0.29) is 22.2 Å². The van der Waals surface area contributed by atoms with Crippen molar-refractivity contribution in [2.45, 2.75) is 6.92 Å². The van der Waals surface area contributed by atoms with Crippen molar-refractivity contribution >= 4 is 57.0 Å². The number of ether oxygens (including phenoxy) is 1. The number of fused-ring (bicyclic) bond motifs is 2. The first-order chi connectivity index (χ1) is 21.3. The second-order valence-corrected chi connectivity index (χ2v) is 10.2. The van der Waals surface area contributed by atoms with Crippen LogP contribution in [0.1, 0.15) is 11.1 Å². The molecule has 0 fully saturated rings. The fraction of sp³-hybridized carbons (Fsp3) is 0.0625. The number of hydrogen-bond acceptors (Lipinski definition) is 8. The smallest absolute Gasteiger partial charge is 0.313 e.